The lowest BCUT2D eigenvalue weighted by Crippen LogP contribution is -2.39. The molecule has 1 aromatic heterocycles. The molecule has 1 unspecified atom stereocenters. The van der Waals surface area contributed by atoms with Gasteiger partial charge in [-0.05, 0) is 18.6 Å². The van der Waals surface area contributed by atoms with E-state index in [1.807, 2.05) is 0 Å². The van der Waals surface area contributed by atoms with Crippen LogP contribution in [0, 0.1) is 6.92 Å². The van der Waals surface area contributed by atoms with Crippen LogP contribution in [0.2, 0.25) is 0 Å². The van der Waals surface area contributed by atoms with Gasteiger partial charge in [-0.25, -0.2) is 0 Å². The van der Waals surface area contributed by atoms with Crippen LogP contribution < -0.4 is 5.73 Å². The van der Waals surface area contributed by atoms with Crippen LogP contribution in [0.5, 0.6) is 0 Å². The molecule has 2 nitrogen and oxygen atoms in total. The Labute approximate surface area is 79.9 Å². The van der Waals surface area contributed by atoms with Gasteiger partial charge in [0.2, 0.25) is 0 Å². The van der Waals surface area contributed by atoms with Gasteiger partial charge in [0.05, 0.1) is 0 Å². The van der Waals surface area contributed by atoms with Crippen LogP contribution in [-0.2, 0) is 6.42 Å². The summed E-state index contributed by atoms with van der Waals surface area (Å²) in [6.07, 6.45) is -3.16. The summed E-state index contributed by atoms with van der Waals surface area (Å²) in [6.45, 7) is 1.71. The Morgan fingerprint density at radius 3 is 2.64 bits per heavy atom. The zero-order valence-electron chi connectivity index (χ0n) is 7.67. The van der Waals surface area contributed by atoms with E-state index in [1.165, 1.54) is 6.20 Å². The highest BCUT2D eigenvalue weighted by molar-refractivity contribution is 5.18. The Balaban J connectivity index is 2.75. The van der Waals surface area contributed by atoms with E-state index >= 15 is 0 Å². The Bertz CT molecular complexity index is 309. The minimum absolute atomic E-state index is 0.268. The van der Waals surface area contributed by atoms with E-state index in [0.29, 0.717) is 5.69 Å². The van der Waals surface area contributed by atoms with E-state index in [2.05, 4.69) is 4.98 Å². The molecule has 1 heterocycles. The first-order chi connectivity index (χ1) is 6.41. The number of halogens is 3. The fourth-order valence-electron chi connectivity index (χ4n) is 1.06. The molecule has 78 valence electrons. The maximum atomic E-state index is 12.1. The molecule has 1 atom stereocenters. The monoisotopic (exact) mass is 204 g/mol. The van der Waals surface area contributed by atoms with Crippen LogP contribution in [0.3, 0.4) is 0 Å². The predicted octanol–water partition coefficient (Wildman–Crippen LogP) is 1.82. The summed E-state index contributed by atoms with van der Waals surface area (Å²) in [4.78, 5) is 3.85. The fourth-order valence-corrected chi connectivity index (χ4v) is 1.06. The average Bonchev–Trinajstić information content (AvgIpc) is 2.07. The van der Waals surface area contributed by atoms with Crippen LogP contribution in [0.15, 0.2) is 18.3 Å². The highest BCUT2D eigenvalue weighted by Crippen LogP contribution is 2.21. The van der Waals surface area contributed by atoms with Gasteiger partial charge in [0.1, 0.15) is 6.04 Å². The summed E-state index contributed by atoms with van der Waals surface area (Å²) < 4.78 is 36.3. The molecule has 2 N–H and O–H groups in total. The first kappa shape index (κ1) is 11.0. The zero-order valence-corrected chi connectivity index (χ0v) is 7.67. The summed E-state index contributed by atoms with van der Waals surface area (Å²) in [5.74, 6) is 0. The molecular weight excluding hydrogens is 193 g/mol. The molecule has 14 heavy (non-hydrogen) atoms. The van der Waals surface area contributed by atoms with Gasteiger partial charge in [0.15, 0.2) is 0 Å². The van der Waals surface area contributed by atoms with Crippen molar-refractivity contribution in [2.75, 3.05) is 0 Å². The summed E-state index contributed by atoms with van der Waals surface area (Å²) in [5.41, 5.74) is 6.12. The fraction of sp³-hybridized carbons (Fsp3) is 0.444. The van der Waals surface area contributed by atoms with Crippen molar-refractivity contribution in [2.24, 2.45) is 5.73 Å². The Morgan fingerprint density at radius 2 is 2.14 bits per heavy atom. The smallest absolute Gasteiger partial charge is 0.320 e. The molecule has 0 spiro atoms. The van der Waals surface area contributed by atoms with Crippen LogP contribution >= 0.6 is 0 Å². The highest BCUT2D eigenvalue weighted by Gasteiger charge is 2.36. The Kier molecular flexibility index (Phi) is 3.10. The largest absolute Gasteiger partial charge is 0.404 e. The summed E-state index contributed by atoms with van der Waals surface area (Å²) in [7, 11) is 0. The zero-order chi connectivity index (χ0) is 10.8. The molecule has 0 fully saturated rings. The van der Waals surface area contributed by atoms with Crippen molar-refractivity contribution in [3.05, 3.63) is 29.6 Å². The number of hydrogen-bond acceptors (Lipinski definition) is 2. The van der Waals surface area contributed by atoms with Crippen molar-refractivity contribution in [1.29, 1.82) is 0 Å². The quantitative estimate of drug-likeness (QED) is 0.798. The lowest BCUT2D eigenvalue weighted by atomic mass is 10.1. The third-order valence-electron chi connectivity index (χ3n) is 1.95. The van der Waals surface area contributed by atoms with Crippen molar-refractivity contribution >= 4 is 0 Å². The number of pyridine rings is 1. The minimum Gasteiger partial charge on any atom is -0.320 e. The second kappa shape index (κ2) is 3.96. The number of rotatable bonds is 2. The van der Waals surface area contributed by atoms with Crippen molar-refractivity contribution in [2.45, 2.75) is 25.6 Å². The first-order valence-corrected chi connectivity index (χ1v) is 4.14. The number of nitrogens with two attached hydrogens (primary N) is 1. The maximum absolute atomic E-state index is 12.1. The second-order valence-electron chi connectivity index (χ2n) is 3.12. The number of aromatic nitrogens is 1. The van der Waals surface area contributed by atoms with E-state index in [9.17, 15) is 13.2 Å². The predicted molar refractivity (Wildman–Crippen MR) is 46.7 cm³/mol. The molecule has 0 aliphatic rings. The van der Waals surface area contributed by atoms with Crippen molar-refractivity contribution < 1.29 is 13.2 Å². The third-order valence-corrected chi connectivity index (χ3v) is 1.95. The van der Waals surface area contributed by atoms with Crippen molar-refractivity contribution in [3.63, 3.8) is 0 Å². The van der Waals surface area contributed by atoms with E-state index in [0.717, 1.165) is 5.56 Å². The molecule has 0 amide bonds. The molecule has 0 aliphatic carbocycles. The molecule has 0 aromatic carbocycles. The van der Waals surface area contributed by atoms with E-state index in [-0.39, 0.29) is 6.42 Å². The Hall–Kier alpha value is -1.10. The van der Waals surface area contributed by atoms with Gasteiger partial charge in [-0.1, -0.05) is 6.07 Å². The lowest BCUT2D eigenvalue weighted by molar-refractivity contribution is -0.147. The lowest BCUT2D eigenvalue weighted by Gasteiger charge is -2.15. The van der Waals surface area contributed by atoms with E-state index in [1.54, 1.807) is 19.1 Å². The number of hydrogen-bond donors (Lipinski definition) is 1. The molecule has 0 bridgehead atoms. The van der Waals surface area contributed by atoms with Gasteiger partial charge >= 0.3 is 6.18 Å². The molecule has 5 heteroatoms. The normalized spacial score (nSPS) is 14.1. The maximum Gasteiger partial charge on any atom is 0.404 e. The van der Waals surface area contributed by atoms with Crippen LogP contribution in [-0.4, -0.2) is 17.2 Å². The van der Waals surface area contributed by atoms with E-state index in [4.69, 9.17) is 5.73 Å². The van der Waals surface area contributed by atoms with Gasteiger partial charge in [-0.3, -0.25) is 4.98 Å². The van der Waals surface area contributed by atoms with Crippen LogP contribution in [0.25, 0.3) is 0 Å². The van der Waals surface area contributed by atoms with Gasteiger partial charge in [0, 0.05) is 18.3 Å². The third kappa shape index (κ3) is 2.70. The Morgan fingerprint density at radius 1 is 1.50 bits per heavy atom. The van der Waals surface area contributed by atoms with E-state index < -0.39 is 12.2 Å². The molecular formula is C9H11F3N2. The van der Waals surface area contributed by atoms with Gasteiger partial charge in [0.25, 0.3) is 0 Å². The SMILES string of the molecule is Cc1cccnc1CC(N)C(F)(F)F. The van der Waals surface area contributed by atoms with Gasteiger partial charge in [-0.2, -0.15) is 13.2 Å². The number of alkyl halides is 3. The van der Waals surface area contributed by atoms with Crippen molar-refractivity contribution in [3.8, 4) is 0 Å². The van der Waals surface area contributed by atoms with Gasteiger partial charge < -0.3 is 5.73 Å². The van der Waals surface area contributed by atoms with Crippen LogP contribution in [0.4, 0.5) is 13.2 Å². The summed E-state index contributed by atoms with van der Waals surface area (Å²) >= 11 is 0. The molecule has 0 aliphatic heterocycles. The molecule has 1 aromatic rings. The summed E-state index contributed by atoms with van der Waals surface area (Å²) in [5, 5.41) is 0. The van der Waals surface area contributed by atoms with Crippen molar-refractivity contribution in [1.82, 2.24) is 4.98 Å². The topological polar surface area (TPSA) is 38.9 Å². The first-order valence-electron chi connectivity index (χ1n) is 4.14. The number of nitrogens with zero attached hydrogens (tertiary/aromatic N) is 1. The van der Waals surface area contributed by atoms with Crippen LogP contribution in [0.1, 0.15) is 11.3 Å². The standard InChI is InChI=1S/C9H11F3N2/c1-6-3-2-4-14-7(6)5-8(13)9(10,11)12/h2-4,8H,5,13H2,1H3. The molecule has 0 saturated carbocycles. The molecule has 0 radical (unpaired) electrons. The molecule has 1 rings (SSSR count). The average molecular weight is 204 g/mol. The van der Waals surface area contributed by atoms with Gasteiger partial charge in [-0.15, -0.1) is 0 Å². The molecule has 0 saturated heterocycles. The minimum atomic E-state index is -4.36. The number of aryl methyl sites for hydroxylation is 1. The second-order valence-corrected chi connectivity index (χ2v) is 3.12. The highest BCUT2D eigenvalue weighted by atomic mass is 19.4. The summed E-state index contributed by atoms with van der Waals surface area (Å²) in [6, 6.07) is 1.56.